The van der Waals surface area contributed by atoms with Crippen molar-refractivity contribution in [3.8, 4) is 28.7 Å². The molecule has 1 aliphatic heterocycles. The van der Waals surface area contributed by atoms with Crippen LogP contribution in [0.25, 0.3) is 0 Å². The second kappa shape index (κ2) is 18.8. The minimum absolute atomic E-state index is 0.118. The zero-order valence-electron chi connectivity index (χ0n) is 32.0. The minimum Gasteiger partial charge on any atom is -0.493 e. The van der Waals surface area contributed by atoms with Crippen LogP contribution in [0.15, 0.2) is 115 Å². The Balaban J connectivity index is 1.18. The van der Waals surface area contributed by atoms with Gasteiger partial charge in [-0.2, -0.15) is 0 Å². The Morgan fingerprint density at radius 2 is 1.25 bits per heavy atom. The highest BCUT2D eigenvalue weighted by molar-refractivity contribution is 6.14. The summed E-state index contributed by atoms with van der Waals surface area (Å²) in [5.41, 5.74) is 3.31. The maximum absolute atomic E-state index is 13.9. The molecule has 0 radical (unpaired) electrons. The first kappa shape index (κ1) is 39.4. The van der Waals surface area contributed by atoms with Crippen molar-refractivity contribution >= 4 is 17.7 Å². The summed E-state index contributed by atoms with van der Waals surface area (Å²) in [5, 5.41) is 3.17. The molecule has 1 amide bonds. The van der Waals surface area contributed by atoms with Crippen LogP contribution in [-0.2, 0) is 17.9 Å². The molecule has 56 heavy (non-hydrogen) atoms. The minimum atomic E-state index is -0.611. The molecule has 0 spiro atoms. The molecule has 11 heteroatoms. The quantitative estimate of drug-likeness (QED) is 0.0871. The van der Waals surface area contributed by atoms with E-state index in [1.165, 1.54) is 28.4 Å². The Morgan fingerprint density at radius 1 is 0.679 bits per heavy atom. The van der Waals surface area contributed by atoms with Crippen molar-refractivity contribution in [1.82, 2.24) is 10.2 Å². The predicted octanol–water partition coefficient (Wildman–Crippen LogP) is 7.15. The lowest BCUT2D eigenvalue weighted by Gasteiger charge is -2.29. The maximum atomic E-state index is 13.9. The smallest absolute Gasteiger partial charge is 0.338 e. The fourth-order valence-corrected chi connectivity index (χ4v) is 6.79. The summed E-state index contributed by atoms with van der Waals surface area (Å²) in [6.45, 7) is 2.34. The molecular weight excluding hydrogens is 712 g/mol. The lowest BCUT2D eigenvalue weighted by molar-refractivity contribution is 0.0175. The summed E-state index contributed by atoms with van der Waals surface area (Å²) in [7, 11) is 5.79. The van der Waals surface area contributed by atoms with Crippen LogP contribution in [-0.4, -0.2) is 76.2 Å². The molecule has 11 nitrogen and oxygen atoms in total. The number of carbonyl (C=O) groups is 3. The van der Waals surface area contributed by atoms with Gasteiger partial charge in [0.2, 0.25) is 5.78 Å². The third-order valence-electron chi connectivity index (χ3n) is 9.68. The monoisotopic (exact) mass is 758 g/mol. The van der Waals surface area contributed by atoms with Gasteiger partial charge in [0, 0.05) is 30.3 Å². The van der Waals surface area contributed by atoms with Crippen LogP contribution in [0, 0.1) is 0 Å². The van der Waals surface area contributed by atoms with Crippen LogP contribution >= 0.6 is 0 Å². The number of rotatable bonds is 15. The summed E-state index contributed by atoms with van der Waals surface area (Å²) in [5.74, 6) is 0.351. The number of ketones is 1. The number of hydrogen-bond acceptors (Lipinski definition) is 10. The molecule has 0 aliphatic carbocycles. The summed E-state index contributed by atoms with van der Waals surface area (Å²) >= 11 is 0. The van der Waals surface area contributed by atoms with Gasteiger partial charge in [0.1, 0.15) is 24.0 Å². The summed E-state index contributed by atoms with van der Waals surface area (Å²) in [4.78, 5) is 43.5. The first-order valence-electron chi connectivity index (χ1n) is 18.4. The SMILES string of the molecule is COc1cc(OC)c(OC)c(C(=O)c2ccc(C(=O)OC3CCCN(Cc4ccccc4)CC3NC(=O)c3ccc(OCc4ccccc4)cc3)cc2)c1OC. The van der Waals surface area contributed by atoms with E-state index in [0.717, 1.165) is 24.1 Å². The average molecular weight is 759 g/mol. The van der Waals surface area contributed by atoms with Crippen molar-refractivity contribution in [1.29, 1.82) is 0 Å². The highest BCUT2D eigenvalue weighted by Gasteiger charge is 2.33. The summed E-state index contributed by atoms with van der Waals surface area (Å²) in [6, 6.07) is 34.2. The van der Waals surface area contributed by atoms with E-state index in [4.69, 9.17) is 28.4 Å². The molecule has 2 atom stereocenters. The van der Waals surface area contributed by atoms with Gasteiger partial charge in [-0.15, -0.1) is 0 Å². The Bertz CT molecular complexity index is 2060. The molecule has 5 aromatic carbocycles. The van der Waals surface area contributed by atoms with E-state index in [1.54, 1.807) is 54.6 Å². The Labute approximate surface area is 327 Å². The largest absolute Gasteiger partial charge is 0.493 e. The van der Waals surface area contributed by atoms with Gasteiger partial charge < -0.3 is 33.7 Å². The first-order chi connectivity index (χ1) is 27.3. The third-order valence-corrected chi connectivity index (χ3v) is 9.68. The van der Waals surface area contributed by atoms with Crippen LogP contribution in [0.4, 0.5) is 0 Å². The van der Waals surface area contributed by atoms with Crippen molar-refractivity contribution < 1.29 is 42.8 Å². The van der Waals surface area contributed by atoms with Gasteiger partial charge in [-0.05, 0) is 66.9 Å². The van der Waals surface area contributed by atoms with Crippen molar-refractivity contribution in [2.45, 2.75) is 38.1 Å². The Kier molecular flexibility index (Phi) is 13.2. The van der Waals surface area contributed by atoms with Gasteiger partial charge in [0.05, 0.1) is 40.0 Å². The molecule has 0 bridgehead atoms. The molecule has 1 fully saturated rings. The number of esters is 1. The van der Waals surface area contributed by atoms with E-state index in [2.05, 4.69) is 22.3 Å². The number of amides is 1. The highest BCUT2D eigenvalue weighted by atomic mass is 16.5. The number of hydrogen-bond donors (Lipinski definition) is 1. The maximum Gasteiger partial charge on any atom is 0.338 e. The average Bonchev–Trinajstić information content (AvgIpc) is 3.43. The van der Waals surface area contributed by atoms with E-state index in [1.807, 2.05) is 48.5 Å². The van der Waals surface area contributed by atoms with Gasteiger partial charge in [0.25, 0.3) is 5.91 Å². The second-order valence-corrected chi connectivity index (χ2v) is 13.3. The van der Waals surface area contributed by atoms with Crippen LogP contribution in [0.3, 0.4) is 0 Å². The van der Waals surface area contributed by atoms with Gasteiger partial charge in [-0.25, -0.2) is 4.79 Å². The zero-order valence-corrected chi connectivity index (χ0v) is 32.0. The highest BCUT2D eigenvalue weighted by Crippen LogP contribution is 2.45. The predicted molar refractivity (Wildman–Crippen MR) is 211 cm³/mol. The van der Waals surface area contributed by atoms with E-state index < -0.39 is 23.9 Å². The Morgan fingerprint density at radius 3 is 1.84 bits per heavy atom. The number of methoxy groups -OCH3 is 4. The van der Waals surface area contributed by atoms with Crippen molar-refractivity contribution in [2.24, 2.45) is 0 Å². The zero-order chi connectivity index (χ0) is 39.4. The molecular formula is C45H46N2O9. The fourth-order valence-electron chi connectivity index (χ4n) is 6.79. The molecule has 0 aromatic heterocycles. The standard InChI is InChI=1S/C45H46N2O9/c1-51-38-26-39(52-2)43(54-4)40(42(38)53-3)41(48)32-17-19-34(20-18-32)45(50)56-37-16-11-25-47(27-30-12-7-5-8-13-30)28-36(37)46-44(49)33-21-23-35(24-22-33)55-29-31-14-9-6-10-15-31/h5-10,12-15,17-24,26,36-37H,11,16,25,27-29H2,1-4H3,(H,46,49). The number of carbonyl (C=O) groups excluding carboxylic acids is 3. The van der Waals surface area contributed by atoms with E-state index >= 15 is 0 Å². The molecule has 0 saturated carbocycles. The van der Waals surface area contributed by atoms with Crippen LogP contribution in [0.2, 0.25) is 0 Å². The Hall–Kier alpha value is -6.33. The van der Waals surface area contributed by atoms with Crippen LogP contribution in [0.1, 0.15) is 60.6 Å². The lowest BCUT2D eigenvalue weighted by atomic mass is 9.99. The van der Waals surface area contributed by atoms with Crippen LogP contribution < -0.4 is 29.0 Å². The molecule has 5 aromatic rings. The summed E-state index contributed by atoms with van der Waals surface area (Å²) in [6.07, 6.45) is 0.688. The molecule has 1 heterocycles. The molecule has 290 valence electrons. The second-order valence-electron chi connectivity index (χ2n) is 13.3. The van der Waals surface area contributed by atoms with Gasteiger partial charge in [-0.1, -0.05) is 72.8 Å². The molecule has 1 N–H and O–H groups in total. The third kappa shape index (κ3) is 9.48. The molecule has 1 saturated heterocycles. The fraction of sp³-hybridized carbons (Fsp3) is 0.267. The van der Waals surface area contributed by atoms with Gasteiger partial charge >= 0.3 is 5.97 Å². The number of nitrogens with zero attached hydrogens (tertiary/aromatic N) is 1. The molecule has 1 aliphatic rings. The van der Waals surface area contributed by atoms with Gasteiger partial charge in [0.15, 0.2) is 23.0 Å². The molecule has 2 unspecified atom stereocenters. The van der Waals surface area contributed by atoms with Crippen molar-refractivity contribution in [3.05, 3.63) is 149 Å². The van der Waals surface area contributed by atoms with Crippen molar-refractivity contribution in [3.63, 3.8) is 0 Å². The van der Waals surface area contributed by atoms with E-state index in [0.29, 0.717) is 48.9 Å². The molecule has 6 rings (SSSR count). The van der Waals surface area contributed by atoms with Crippen molar-refractivity contribution in [2.75, 3.05) is 41.5 Å². The lowest BCUT2D eigenvalue weighted by Crippen LogP contribution is -2.50. The summed E-state index contributed by atoms with van der Waals surface area (Å²) < 4.78 is 34.1. The normalized spacial score (nSPS) is 15.5. The van der Waals surface area contributed by atoms with E-state index in [9.17, 15) is 14.4 Å². The number of likely N-dealkylation sites (tertiary alicyclic amines) is 1. The van der Waals surface area contributed by atoms with Crippen LogP contribution in [0.5, 0.6) is 28.7 Å². The van der Waals surface area contributed by atoms with E-state index in [-0.39, 0.29) is 34.1 Å². The topological polar surface area (TPSA) is 122 Å². The first-order valence-corrected chi connectivity index (χ1v) is 18.4. The number of ether oxygens (including phenoxy) is 6. The number of benzene rings is 5. The number of nitrogens with one attached hydrogen (secondary N) is 1. The van der Waals surface area contributed by atoms with Gasteiger partial charge in [-0.3, -0.25) is 14.5 Å².